The average molecular weight is 260 g/mol. The Morgan fingerprint density at radius 1 is 1.50 bits per heavy atom. The van der Waals surface area contributed by atoms with Crippen LogP contribution in [0.1, 0.15) is 17.3 Å². The molecule has 14 heavy (non-hydrogen) atoms. The molecule has 0 aliphatic carbocycles. The normalized spacial score (nSPS) is 12.1. The molecule has 0 aliphatic heterocycles. The van der Waals surface area contributed by atoms with Crippen LogP contribution in [-0.4, -0.2) is 30.8 Å². The van der Waals surface area contributed by atoms with Crippen molar-refractivity contribution in [1.29, 1.82) is 0 Å². The van der Waals surface area contributed by atoms with Crippen molar-refractivity contribution < 1.29 is 12.8 Å². The van der Waals surface area contributed by atoms with E-state index in [1.54, 1.807) is 25.1 Å². The van der Waals surface area contributed by atoms with Crippen LogP contribution in [-0.2, 0) is 3.83 Å². The molecule has 4 nitrogen and oxygen atoms in total. The van der Waals surface area contributed by atoms with Gasteiger partial charge in [0.1, 0.15) is 0 Å². The van der Waals surface area contributed by atoms with Crippen LogP contribution in [0.4, 0.5) is 0 Å². The molecule has 0 heterocycles. The van der Waals surface area contributed by atoms with Crippen molar-refractivity contribution in [2.75, 3.05) is 6.54 Å². The molecule has 2 N–H and O–H groups in total. The second kappa shape index (κ2) is 5.00. The minimum absolute atomic E-state index is 0.235. The summed E-state index contributed by atoms with van der Waals surface area (Å²) in [5, 5.41) is 2.59. The van der Waals surface area contributed by atoms with Gasteiger partial charge in [-0.15, -0.1) is 0 Å². The summed E-state index contributed by atoms with van der Waals surface area (Å²) < 4.78 is 20.2. The van der Waals surface area contributed by atoms with Crippen molar-refractivity contribution >= 4 is 24.5 Å². The van der Waals surface area contributed by atoms with Crippen molar-refractivity contribution in [1.82, 2.24) is 5.32 Å². The van der Waals surface area contributed by atoms with E-state index in [0.717, 1.165) is 0 Å². The monoisotopic (exact) mass is 261 g/mol. The van der Waals surface area contributed by atoms with Crippen LogP contribution in [0.5, 0.6) is 0 Å². The zero-order chi connectivity index (χ0) is 10.6. The van der Waals surface area contributed by atoms with Crippen LogP contribution < -0.4 is 9.78 Å². The van der Waals surface area contributed by atoms with Gasteiger partial charge in [0.25, 0.3) is 0 Å². The van der Waals surface area contributed by atoms with E-state index in [4.69, 9.17) is 4.19 Å². The molecule has 0 aliphatic rings. The topological polar surface area (TPSA) is 66.4 Å². The fourth-order valence-electron chi connectivity index (χ4n) is 1.06. The minimum atomic E-state index is -3.03. The van der Waals surface area contributed by atoms with E-state index >= 15 is 0 Å². The Kier molecular flexibility index (Phi) is 3.95. The number of carbonyl (C=O) groups is 1. The first kappa shape index (κ1) is 11.0. The SMILES string of the molecule is CCNC(=O)c1ccccc1[Se](=O)O. The Hall–Kier alpha value is -1.03. The Labute approximate surface area is 86.4 Å². The number of hydrogen-bond acceptors (Lipinski definition) is 2. The van der Waals surface area contributed by atoms with Gasteiger partial charge in [-0.05, 0) is 0 Å². The molecule has 0 aromatic heterocycles. The third kappa shape index (κ3) is 2.48. The molecule has 1 aromatic rings. The fraction of sp³-hybridized carbons (Fsp3) is 0.222. The van der Waals surface area contributed by atoms with Crippen LogP contribution in [0.3, 0.4) is 0 Å². The molecular weight excluding hydrogens is 249 g/mol. The van der Waals surface area contributed by atoms with Crippen LogP contribution in [0.2, 0.25) is 0 Å². The van der Waals surface area contributed by atoms with E-state index in [9.17, 15) is 8.63 Å². The third-order valence-corrected chi connectivity index (χ3v) is 3.19. The predicted molar refractivity (Wildman–Crippen MR) is 52.7 cm³/mol. The van der Waals surface area contributed by atoms with E-state index in [2.05, 4.69) is 5.32 Å². The quantitative estimate of drug-likeness (QED) is 0.724. The van der Waals surface area contributed by atoms with Gasteiger partial charge >= 0.3 is 86.0 Å². The molecule has 1 atom stereocenters. The summed E-state index contributed by atoms with van der Waals surface area (Å²) in [4.78, 5) is 11.4. The first-order valence-corrected chi connectivity index (χ1v) is 6.47. The van der Waals surface area contributed by atoms with Crippen molar-refractivity contribution in [2.45, 2.75) is 6.92 Å². The number of rotatable bonds is 3. The van der Waals surface area contributed by atoms with Crippen molar-refractivity contribution in [2.24, 2.45) is 0 Å². The summed E-state index contributed by atoms with van der Waals surface area (Å²) in [6, 6.07) is 6.36. The van der Waals surface area contributed by atoms with Crippen LogP contribution >= 0.6 is 0 Å². The van der Waals surface area contributed by atoms with E-state index < -0.39 is 14.2 Å². The number of nitrogens with one attached hydrogen (secondary N) is 1. The Bertz CT molecular complexity index is 365. The molecule has 5 heteroatoms. The standard InChI is InChI=1S/C9H11NO3Se/c1-2-10-9(11)7-5-3-4-6-8(7)14(12)13/h3-6H,2H2,1H3,(H,10,11)(H,12,13). The van der Waals surface area contributed by atoms with Crippen LogP contribution in [0.25, 0.3) is 0 Å². The molecule has 0 bridgehead atoms. The molecule has 0 saturated carbocycles. The molecule has 1 rings (SSSR count). The van der Waals surface area contributed by atoms with E-state index in [1.807, 2.05) is 0 Å². The van der Waals surface area contributed by atoms with Gasteiger partial charge in [-0.1, -0.05) is 0 Å². The molecular formula is C9H11NO3Se. The van der Waals surface area contributed by atoms with Crippen molar-refractivity contribution in [3.05, 3.63) is 29.8 Å². The molecule has 1 amide bonds. The Balaban J connectivity index is 3.07. The molecule has 0 spiro atoms. The third-order valence-electron chi connectivity index (χ3n) is 1.66. The maximum absolute atomic E-state index is 11.4. The van der Waals surface area contributed by atoms with Crippen molar-refractivity contribution in [3.63, 3.8) is 0 Å². The Morgan fingerprint density at radius 3 is 2.71 bits per heavy atom. The summed E-state index contributed by atoms with van der Waals surface area (Å²) in [5.74, 6) is -0.304. The molecule has 0 fully saturated rings. The fourth-order valence-corrected chi connectivity index (χ4v) is 2.20. The molecule has 1 unspecified atom stereocenters. The van der Waals surface area contributed by atoms with Gasteiger partial charge in [-0.3, -0.25) is 0 Å². The summed E-state index contributed by atoms with van der Waals surface area (Å²) >= 11 is -3.03. The molecule has 76 valence electrons. The van der Waals surface area contributed by atoms with Gasteiger partial charge in [-0.2, -0.15) is 0 Å². The number of carbonyl (C=O) groups excluding carboxylic acids is 1. The zero-order valence-electron chi connectivity index (χ0n) is 7.69. The number of hydrogen-bond donors (Lipinski definition) is 2. The van der Waals surface area contributed by atoms with Crippen LogP contribution in [0.15, 0.2) is 24.3 Å². The van der Waals surface area contributed by atoms with E-state index in [1.165, 1.54) is 6.07 Å². The Morgan fingerprint density at radius 2 is 2.14 bits per heavy atom. The van der Waals surface area contributed by atoms with E-state index in [0.29, 0.717) is 6.54 Å². The molecule has 0 radical (unpaired) electrons. The first-order chi connectivity index (χ1) is 6.66. The average Bonchev–Trinajstić information content (AvgIpc) is 2.18. The summed E-state index contributed by atoms with van der Waals surface area (Å²) in [6.45, 7) is 2.30. The van der Waals surface area contributed by atoms with Crippen molar-refractivity contribution in [3.8, 4) is 0 Å². The van der Waals surface area contributed by atoms with Gasteiger partial charge in [0.15, 0.2) is 0 Å². The van der Waals surface area contributed by atoms with Gasteiger partial charge in [0.2, 0.25) is 0 Å². The second-order valence-corrected chi connectivity index (χ2v) is 4.57. The number of amides is 1. The maximum atomic E-state index is 11.4. The van der Waals surface area contributed by atoms with Gasteiger partial charge in [0.05, 0.1) is 0 Å². The van der Waals surface area contributed by atoms with E-state index in [-0.39, 0.29) is 15.9 Å². The molecule has 0 saturated heterocycles. The zero-order valence-corrected chi connectivity index (χ0v) is 9.40. The first-order valence-electron chi connectivity index (χ1n) is 4.15. The van der Waals surface area contributed by atoms with Gasteiger partial charge < -0.3 is 0 Å². The summed E-state index contributed by atoms with van der Waals surface area (Å²) in [6.07, 6.45) is 0. The second-order valence-electron chi connectivity index (χ2n) is 2.60. The summed E-state index contributed by atoms with van der Waals surface area (Å²) in [7, 11) is 0. The van der Waals surface area contributed by atoms with Gasteiger partial charge in [-0.25, -0.2) is 0 Å². The summed E-state index contributed by atoms with van der Waals surface area (Å²) in [5.41, 5.74) is 0.289. The number of benzene rings is 1. The van der Waals surface area contributed by atoms with Crippen LogP contribution in [0, 0.1) is 0 Å². The van der Waals surface area contributed by atoms with Gasteiger partial charge in [0, 0.05) is 0 Å². The predicted octanol–water partition coefficient (Wildman–Crippen LogP) is -0.446. The molecule has 1 aromatic carbocycles.